The van der Waals surface area contributed by atoms with Gasteiger partial charge in [0.2, 0.25) is 0 Å². The quantitative estimate of drug-likeness (QED) is 0.331. The Balaban J connectivity index is 1.55. The summed E-state index contributed by atoms with van der Waals surface area (Å²) in [7, 11) is 0. The summed E-state index contributed by atoms with van der Waals surface area (Å²) in [5.41, 5.74) is 1.31. The Bertz CT molecular complexity index is 1120. The van der Waals surface area contributed by atoms with Crippen LogP contribution in [0.1, 0.15) is 127 Å². The summed E-state index contributed by atoms with van der Waals surface area (Å²) in [5, 5.41) is 0. The molecule has 0 aromatic carbocycles. The van der Waals surface area contributed by atoms with Crippen molar-refractivity contribution in [2.45, 2.75) is 133 Å². The molecule has 4 saturated carbocycles. The van der Waals surface area contributed by atoms with Gasteiger partial charge in [-0.2, -0.15) is 0 Å². The van der Waals surface area contributed by atoms with Crippen LogP contribution in [0.4, 0.5) is 0 Å². The van der Waals surface area contributed by atoms with E-state index in [4.69, 9.17) is 9.47 Å². The lowest BCUT2D eigenvalue weighted by Crippen LogP contribution is -2.65. The lowest BCUT2D eigenvalue weighted by Gasteiger charge is -2.70. The molecule has 5 nitrogen and oxygen atoms in total. The van der Waals surface area contributed by atoms with Crippen LogP contribution in [-0.2, 0) is 23.9 Å². The Morgan fingerprint density at radius 2 is 1.55 bits per heavy atom. The van der Waals surface area contributed by atoms with Crippen LogP contribution in [0.15, 0.2) is 11.6 Å². The zero-order valence-electron chi connectivity index (χ0n) is 26.7. The standard InChI is InChI=1S/C35H54O5/c1-22(36)39-19-18-35-16-14-30(3,4)21-24(35)29-25(38)20-27-32(7)12-11-28(40-23(2)37)31(5,6)26(32)10-13-33(27,8)34(29,9)15-17-35/h20,24,26,28-29H,10-19,21H2,1-9H3/t24?,26-,28-,29?,32-,33+,34+,35+/m0/s1. The minimum atomic E-state index is -0.213. The molecule has 5 aliphatic carbocycles. The molecular weight excluding hydrogens is 500 g/mol. The summed E-state index contributed by atoms with van der Waals surface area (Å²) < 4.78 is 11.4. The summed E-state index contributed by atoms with van der Waals surface area (Å²) in [6.45, 7) is 20.2. The summed E-state index contributed by atoms with van der Waals surface area (Å²) in [4.78, 5) is 38.2. The predicted octanol–water partition coefficient (Wildman–Crippen LogP) is 7.85. The maximum absolute atomic E-state index is 14.6. The number of hydrogen-bond acceptors (Lipinski definition) is 5. The van der Waals surface area contributed by atoms with Crippen LogP contribution in [0.3, 0.4) is 0 Å². The maximum atomic E-state index is 14.6. The summed E-state index contributed by atoms with van der Waals surface area (Å²) in [6, 6.07) is 0. The molecule has 2 unspecified atom stereocenters. The van der Waals surface area contributed by atoms with E-state index in [9.17, 15) is 14.4 Å². The van der Waals surface area contributed by atoms with E-state index in [2.05, 4.69) is 54.5 Å². The van der Waals surface area contributed by atoms with E-state index in [0.717, 1.165) is 64.2 Å². The lowest BCUT2D eigenvalue weighted by molar-refractivity contribution is -0.189. The van der Waals surface area contributed by atoms with E-state index < -0.39 is 0 Å². The number of rotatable bonds is 4. The highest BCUT2D eigenvalue weighted by Crippen LogP contribution is 2.75. The van der Waals surface area contributed by atoms with Gasteiger partial charge in [-0.3, -0.25) is 14.4 Å². The molecule has 40 heavy (non-hydrogen) atoms. The second-order valence-electron chi connectivity index (χ2n) is 16.6. The van der Waals surface area contributed by atoms with Gasteiger partial charge in [-0.05, 0) is 109 Å². The molecule has 0 spiro atoms. The molecule has 0 aromatic rings. The van der Waals surface area contributed by atoms with E-state index in [-0.39, 0.29) is 56.5 Å². The number of allylic oxidation sites excluding steroid dienone is 2. The average molecular weight is 555 g/mol. The van der Waals surface area contributed by atoms with Crippen molar-refractivity contribution in [1.82, 2.24) is 0 Å². The van der Waals surface area contributed by atoms with Gasteiger partial charge in [-0.1, -0.05) is 54.0 Å². The number of ketones is 1. The molecule has 0 radical (unpaired) electrons. The normalized spacial score (nSPS) is 45.1. The Morgan fingerprint density at radius 3 is 2.20 bits per heavy atom. The molecule has 4 fully saturated rings. The fourth-order valence-electron chi connectivity index (χ4n) is 11.3. The Kier molecular flexibility index (Phi) is 7.03. The third kappa shape index (κ3) is 4.25. The summed E-state index contributed by atoms with van der Waals surface area (Å²) in [6.07, 6.45) is 12.4. The van der Waals surface area contributed by atoms with Crippen molar-refractivity contribution in [3.05, 3.63) is 11.6 Å². The minimum Gasteiger partial charge on any atom is -0.466 e. The molecule has 0 heterocycles. The van der Waals surface area contributed by atoms with Crippen LogP contribution in [0.2, 0.25) is 0 Å². The van der Waals surface area contributed by atoms with Crippen molar-refractivity contribution in [3.8, 4) is 0 Å². The van der Waals surface area contributed by atoms with Gasteiger partial charge in [0.05, 0.1) is 6.61 Å². The van der Waals surface area contributed by atoms with Crippen molar-refractivity contribution in [1.29, 1.82) is 0 Å². The molecule has 5 heteroatoms. The fraction of sp³-hybridized carbons (Fsp3) is 0.857. The van der Waals surface area contributed by atoms with Crippen LogP contribution >= 0.6 is 0 Å². The highest BCUT2D eigenvalue weighted by molar-refractivity contribution is 5.95. The van der Waals surface area contributed by atoms with Crippen LogP contribution in [0.25, 0.3) is 0 Å². The van der Waals surface area contributed by atoms with Gasteiger partial charge in [-0.25, -0.2) is 0 Å². The zero-order valence-corrected chi connectivity index (χ0v) is 26.7. The maximum Gasteiger partial charge on any atom is 0.302 e. The predicted molar refractivity (Wildman–Crippen MR) is 156 cm³/mol. The van der Waals surface area contributed by atoms with Gasteiger partial charge in [0.25, 0.3) is 0 Å². The fourth-order valence-corrected chi connectivity index (χ4v) is 11.3. The van der Waals surface area contributed by atoms with Gasteiger partial charge in [0, 0.05) is 25.2 Å². The second-order valence-corrected chi connectivity index (χ2v) is 16.6. The smallest absolute Gasteiger partial charge is 0.302 e. The first-order chi connectivity index (χ1) is 18.4. The van der Waals surface area contributed by atoms with E-state index >= 15 is 0 Å². The summed E-state index contributed by atoms with van der Waals surface area (Å²) in [5.74, 6) is 0.627. The van der Waals surface area contributed by atoms with Crippen LogP contribution in [-0.4, -0.2) is 30.4 Å². The molecule has 0 amide bonds. The zero-order chi connectivity index (χ0) is 29.5. The Labute approximate surface area is 242 Å². The van der Waals surface area contributed by atoms with E-state index in [1.165, 1.54) is 19.4 Å². The first-order valence-electron chi connectivity index (χ1n) is 16.0. The number of esters is 2. The van der Waals surface area contributed by atoms with Gasteiger partial charge in [0.15, 0.2) is 5.78 Å². The first kappa shape index (κ1) is 29.8. The highest BCUT2D eigenvalue weighted by atomic mass is 16.5. The van der Waals surface area contributed by atoms with Crippen molar-refractivity contribution >= 4 is 17.7 Å². The molecule has 0 N–H and O–H groups in total. The molecule has 5 rings (SSSR count). The molecule has 0 saturated heterocycles. The molecule has 0 aromatic heterocycles. The van der Waals surface area contributed by atoms with Gasteiger partial charge >= 0.3 is 11.9 Å². The van der Waals surface area contributed by atoms with Crippen molar-refractivity contribution in [2.75, 3.05) is 6.61 Å². The van der Waals surface area contributed by atoms with Crippen LogP contribution < -0.4 is 0 Å². The number of fused-ring (bicyclic) bond motifs is 7. The minimum absolute atomic E-state index is 0.0115. The molecular formula is C35H54O5. The summed E-state index contributed by atoms with van der Waals surface area (Å²) >= 11 is 0. The van der Waals surface area contributed by atoms with Crippen LogP contribution in [0, 0.1) is 50.2 Å². The molecule has 224 valence electrons. The number of hydrogen-bond donors (Lipinski definition) is 0. The van der Waals surface area contributed by atoms with Crippen molar-refractivity contribution < 1.29 is 23.9 Å². The number of ether oxygens (including phenoxy) is 2. The molecule has 5 aliphatic rings. The van der Waals surface area contributed by atoms with E-state index in [1.807, 2.05) is 0 Å². The third-order valence-electron chi connectivity index (χ3n) is 13.7. The SMILES string of the molecule is CC(=O)OCC[C@]12CCC(C)(C)CC1C1C(=O)C=C3[C@@]4(C)CC[C@H](OC(C)=O)C(C)(C)[C@@H]4CC[C@@]3(C)[C@]1(C)CC2. The van der Waals surface area contributed by atoms with E-state index in [0.29, 0.717) is 24.2 Å². The number of carbonyl (C=O) groups excluding carboxylic acids is 3. The highest BCUT2D eigenvalue weighted by Gasteiger charge is 2.69. The topological polar surface area (TPSA) is 69.7 Å². The first-order valence-corrected chi connectivity index (χ1v) is 16.0. The Morgan fingerprint density at radius 1 is 0.875 bits per heavy atom. The lowest BCUT2D eigenvalue weighted by atomic mass is 9.33. The van der Waals surface area contributed by atoms with Gasteiger partial charge < -0.3 is 9.47 Å². The number of carbonyl (C=O) groups is 3. The van der Waals surface area contributed by atoms with Gasteiger partial charge in [-0.15, -0.1) is 0 Å². The molecule has 8 atom stereocenters. The van der Waals surface area contributed by atoms with Crippen LogP contribution in [0.5, 0.6) is 0 Å². The monoisotopic (exact) mass is 554 g/mol. The van der Waals surface area contributed by atoms with Gasteiger partial charge in [0.1, 0.15) is 6.10 Å². The van der Waals surface area contributed by atoms with Crippen molar-refractivity contribution in [3.63, 3.8) is 0 Å². The van der Waals surface area contributed by atoms with Crippen molar-refractivity contribution in [2.24, 2.45) is 50.2 Å². The largest absolute Gasteiger partial charge is 0.466 e. The molecule has 0 bridgehead atoms. The molecule has 0 aliphatic heterocycles. The third-order valence-corrected chi connectivity index (χ3v) is 13.7. The van der Waals surface area contributed by atoms with E-state index in [1.54, 1.807) is 0 Å². The average Bonchev–Trinajstić information content (AvgIpc) is 2.82. The second kappa shape index (κ2) is 9.43. The Hall–Kier alpha value is -1.65.